The van der Waals surface area contributed by atoms with Crippen LogP contribution >= 0.6 is 0 Å². The number of ketones is 1. The number of aromatic nitrogens is 1. The van der Waals surface area contributed by atoms with Crippen LogP contribution in [0.1, 0.15) is 20.8 Å². The van der Waals surface area contributed by atoms with Gasteiger partial charge in [0.2, 0.25) is 5.78 Å². The fourth-order valence-electron chi connectivity index (χ4n) is 2.25. The molecule has 1 aromatic heterocycles. The highest BCUT2D eigenvalue weighted by Crippen LogP contribution is 2.29. The minimum Gasteiger partial charge on any atom is -0.491 e. The SMILES string of the molecule is COC1=C(c2ccccc2)C(=O)c2cccn2C1=O. The third kappa shape index (κ3) is 1.61. The summed E-state index contributed by atoms with van der Waals surface area (Å²) >= 11 is 0. The molecule has 1 aliphatic rings. The van der Waals surface area contributed by atoms with Crippen molar-refractivity contribution < 1.29 is 14.3 Å². The molecule has 0 aliphatic carbocycles. The molecule has 94 valence electrons. The lowest BCUT2D eigenvalue weighted by Crippen LogP contribution is -2.27. The summed E-state index contributed by atoms with van der Waals surface area (Å²) in [7, 11) is 1.40. The Bertz CT molecular complexity index is 695. The molecular formula is C15H11NO3. The zero-order valence-corrected chi connectivity index (χ0v) is 10.3. The Kier molecular flexibility index (Phi) is 2.56. The molecule has 0 N–H and O–H groups in total. The standard InChI is InChI=1S/C15H11NO3/c1-19-14-12(10-6-3-2-4-7-10)13(17)11-8-5-9-16(11)15(14)18/h2-9H,1H3. The number of allylic oxidation sites excluding steroid dienone is 2. The monoisotopic (exact) mass is 253 g/mol. The van der Waals surface area contributed by atoms with Gasteiger partial charge >= 0.3 is 0 Å². The molecule has 1 aromatic carbocycles. The lowest BCUT2D eigenvalue weighted by Gasteiger charge is -2.19. The van der Waals surface area contributed by atoms with Crippen molar-refractivity contribution in [2.24, 2.45) is 0 Å². The topological polar surface area (TPSA) is 48.3 Å². The predicted octanol–water partition coefficient (Wildman–Crippen LogP) is 2.38. The average Bonchev–Trinajstić information content (AvgIpc) is 2.93. The molecule has 4 heteroatoms. The fraction of sp³-hybridized carbons (Fsp3) is 0.0667. The van der Waals surface area contributed by atoms with Crippen molar-refractivity contribution in [3.63, 3.8) is 0 Å². The van der Waals surface area contributed by atoms with Gasteiger partial charge in [-0.05, 0) is 17.7 Å². The molecule has 3 rings (SSSR count). The van der Waals surface area contributed by atoms with E-state index in [-0.39, 0.29) is 17.4 Å². The summed E-state index contributed by atoms with van der Waals surface area (Å²) in [6, 6.07) is 12.4. The first-order valence-electron chi connectivity index (χ1n) is 5.84. The van der Waals surface area contributed by atoms with Crippen molar-refractivity contribution in [3.05, 3.63) is 65.7 Å². The molecule has 0 radical (unpaired) electrons. The molecule has 0 saturated carbocycles. The first-order valence-corrected chi connectivity index (χ1v) is 5.84. The van der Waals surface area contributed by atoms with Gasteiger partial charge in [0, 0.05) is 6.20 Å². The van der Waals surface area contributed by atoms with Crippen LogP contribution in [0, 0.1) is 0 Å². The van der Waals surface area contributed by atoms with Crippen LogP contribution in [-0.4, -0.2) is 23.4 Å². The van der Waals surface area contributed by atoms with E-state index in [9.17, 15) is 9.59 Å². The Morgan fingerprint density at radius 3 is 2.42 bits per heavy atom. The van der Waals surface area contributed by atoms with Crippen molar-refractivity contribution in [1.29, 1.82) is 0 Å². The first-order chi connectivity index (χ1) is 9.24. The number of hydrogen-bond donors (Lipinski definition) is 0. The number of benzene rings is 1. The normalized spacial score (nSPS) is 14.6. The van der Waals surface area contributed by atoms with Crippen molar-refractivity contribution in [3.8, 4) is 0 Å². The molecule has 0 bridgehead atoms. The highest BCUT2D eigenvalue weighted by atomic mass is 16.5. The molecule has 19 heavy (non-hydrogen) atoms. The average molecular weight is 253 g/mol. The minimum absolute atomic E-state index is 0.0832. The summed E-state index contributed by atoms with van der Waals surface area (Å²) in [6.07, 6.45) is 1.57. The number of fused-ring (bicyclic) bond motifs is 1. The van der Waals surface area contributed by atoms with Gasteiger partial charge in [0.15, 0.2) is 5.76 Å². The van der Waals surface area contributed by atoms with Gasteiger partial charge in [0.25, 0.3) is 5.91 Å². The Morgan fingerprint density at radius 1 is 1.00 bits per heavy atom. The van der Waals surface area contributed by atoms with E-state index in [2.05, 4.69) is 0 Å². The number of carbonyl (C=O) groups is 2. The van der Waals surface area contributed by atoms with E-state index >= 15 is 0 Å². The van der Waals surface area contributed by atoms with Gasteiger partial charge in [-0.3, -0.25) is 14.2 Å². The number of hydrogen-bond acceptors (Lipinski definition) is 3. The van der Waals surface area contributed by atoms with Crippen LogP contribution in [0.25, 0.3) is 5.57 Å². The molecule has 2 aromatic rings. The highest BCUT2D eigenvalue weighted by molar-refractivity contribution is 6.35. The maximum absolute atomic E-state index is 12.5. The van der Waals surface area contributed by atoms with E-state index in [0.29, 0.717) is 16.8 Å². The van der Waals surface area contributed by atoms with Gasteiger partial charge in [-0.2, -0.15) is 0 Å². The summed E-state index contributed by atoms with van der Waals surface area (Å²) in [5.41, 5.74) is 1.37. The molecule has 1 aliphatic heterocycles. The van der Waals surface area contributed by atoms with E-state index < -0.39 is 0 Å². The van der Waals surface area contributed by atoms with E-state index in [0.717, 1.165) is 0 Å². The Hall–Kier alpha value is -2.62. The third-order valence-electron chi connectivity index (χ3n) is 3.12. The summed E-state index contributed by atoms with van der Waals surface area (Å²) < 4.78 is 6.47. The number of nitrogens with zero attached hydrogens (tertiary/aromatic N) is 1. The molecular weight excluding hydrogens is 242 g/mol. The number of ether oxygens (including phenoxy) is 1. The Labute approximate surface area is 109 Å². The van der Waals surface area contributed by atoms with E-state index in [1.807, 2.05) is 18.2 Å². The fourth-order valence-corrected chi connectivity index (χ4v) is 2.25. The van der Waals surface area contributed by atoms with Crippen molar-refractivity contribution in [1.82, 2.24) is 4.57 Å². The van der Waals surface area contributed by atoms with Gasteiger partial charge in [0.05, 0.1) is 18.4 Å². The summed E-state index contributed by atoms with van der Waals surface area (Å²) in [5, 5.41) is 0. The lowest BCUT2D eigenvalue weighted by atomic mass is 9.96. The molecule has 0 amide bonds. The van der Waals surface area contributed by atoms with Crippen LogP contribution in [0.4, 0.5) is 0 Å². The van der Waals surface area contributed by atoms with Gasteiger partial charge in [-0.1, -0.05) is 30.3 Å². The van der Waals surface area contributed by atoms with Crippen LogP contribution in [0.5, 0.6) is 0 Å². The maximum Gasteiger partial charge on any atom is 0.298 e. The summed E-state index contributed by atoms with van der Waals surface area (Å²) in [4.78, 5) is 24.7. The second-order valence-electron chi connectivity index (χ2n) is 4.17. The largest absolute Gasteiger partial charge is 0.491 e. The molecule has 0 atom stereocenters. The van der Waals surface area contributed by atoms with Gasteiger partial charge < -0.3 is 4.74 Å². The van der Waals surface area contributed by atoms with Crippen LogP contribution in [0.3, 0.4) is 0 Å². The maximum atomic E-state index is 12.5. The summed E-state index contributed by atoms with van der Waals surface area (Å²) in [6.45, 7) is 0. The second kappa shape index (κ2) is 4.24. The third-order valence-corrected chi connectivity index (χ3v) is 3.12. The predicted molar refractivity (Wildman–Crippen MR) is 69.8 cm³/mol. The second-order valence-corrected chi connectivity index (χ2v) is 4.17. The van der Waals surface area contributed by atoms with E-state index in [1.54, 1.807) is 30.5 Å². The van der Waals surface area contributed by atoms with Crippen molar-refractivity contribution in [2.45, 2.75) is 0 Å². The van der Waals surface area contributed by atoms with Gasteiger partial charge in [-0.15, -0.1) is 0 Å². The highest BCUT2D eigenvalue weighted by Gasteiger charge is 2.33. The first kappa shape index (κ1) is 11.5. The molecule has 0 unspecified atom stereocenters. The van der Waals surface area contributed by atoms with E-state index in [1.165, 1.54) is 11.7 Å². The smallest absolute Gasteiger partial charge is 0.298 e. The molecule has 0 fully saturated rings. The molecule has 4 nitrogen and oxygen atoms in total. The quantitative estimate of drug-likeness (QED) is 0.825. The van der Waals surface area contributed by atoms with Gasteiger partial charge in [0.1, 0.15) is 0 Å². The van der Waals surface area contributed by atoms with Crippen LogP contribution in [0.2, 0.25) is 0 Å². The van der Waals surface area contributed by atoms with Crippen LogP contribution in [0.15, 0.2) is 54.4 Å². The van der Waals surface area contributed by atoms with E-state index in [4.69, 9.17) is 4.74 Å². The molecule has 2 heterocycles. The van der Waals surface area contributed by atoms with Crippen molar-refractivity contribution in [2.75, 3.05) is 7.11 Å². The molecule has 0 saturated heterocycles. The molecule has 0 spiro atoms. The summed E-state index contributed by atoms with van der Waals surface area (Å²) in [5.74, 6) is -0.437. The van der Waals surface area contributed by atoms with Crippen LogP contribution < -0.4 is 0 Å². The minimum atomic E-state index is -0.319. The number of carbonyl (C=O) groups excluding carboxylic acids is 2. The zero-order chi connectivity index (χ0) is 13.4. The zero-order valence-electron chi connectivity index (χ0n) is 10.3. The number of Topliss-reactive ketones (excluding diaryl/α,β-unsaturated/α-hetero) is 1. The number of methoxy groups -OCH3 is 1. The van der Waals surface area contributed by atoms with Gasteiger partial charge in [-0.25, -0.2) is 0 Å². The number of rotatable bonds is 2. The lowest BCUT2D eigenvalue weighted by molar-refractivity contribution is 0.0841. The van der Waals surface area contributed by atoms with Crippen molar-refractivity contribution >= 4 is 17.3 Å². The Morgan fingerprint density at radius 2 is 1.74 bits per heavy atom. The van der Waals surface area contributed by atoms with Crippen LogP contribution in [-0.2, 0) is 4.74 Å². The Balaban J connectivity index is 2.26.